The van der Waals surface area contributed by atoms with E-state index < -0.39 is 0 Å². The molecule has 1 aromatic heterocycles. The second-order valence-corrected chi connectivity index (χ2v) is 6.24. The van der Waals surface area contributed by atoms with Crippen molar-refractivity contribution >= 4 is 28.2 Å². The normalized spacial score (nSPS) is 10.3. The van der Waals surface area contributed by atoms with Crippen LogP contribution in [0.4, 0.5) is 15.6 Å². The molecule has 0 atom stereocenters. The van der Waals surface area contributed by atoms with E-state index in [9.17, 15) is 4.79 Å². The van der Waals surface area contributed by atoms with E-state index in [-0.39, 0.29) is 6.03 Å². The fourth-order valence-electron chi connectivity index (χ4n) is 2.24. The summed E-state index contributed by atoms with van der Waals surface area (Å²) in [6, 6.07) is 14.9. The van der Waals surface area contributed by atoms with Gasteiger partial charge in [-0.2, -0.15) is 0 Å². The lowest BCUT2D eigenvalue weighted by Crippen LogP contribution is -2.19. The number of para-hydroxylation sites is 1. The molecular weight excluding hydrogens is 336 g/mol. The van der Waals surface area contributed by atoms with Gasteiger partial charge < -0.3 is 10.1 Å². The molecule has 2 aromatic carbocycles. The SMILES string of the molecule is CCOc1cccc(-c2nnc(NC(=O)Nc3ccccc3C)s2)c1. The van der Waals surface area contributed by atoms with Crippen molar-refractivity contribution in [3.8, 4) is 16.3 Å². The standard InChI is InChI=1S/C18H18N4O2S/c1-3-24-14-9-6-8-13(11-14)16-21-22-18(25-16)20-17(23)19-15-10-5-4-7-12(15)2/h4-11H,3H2,1-2H3,(H2,19,20,22,23). The molecule has 0 saturated carbocycles. The van der Waals surface area contributed by atoms with Crippen LogP contribution in [0.15, 0.2) is 48.5 Å². The third-order valence-electron chi connectivity index (χ3n) is 3.43. The molecule has 0 radical (unpaired) electrons. The minimum Gasteiger partial charge on any atom is -0.494 e. The Morgan fingerprint density at radius 3 is 2.76 bits per heavy atom. The lowest BCUT2D eigenvalue weighted by atomic mass is 10.2. The van der Waals surface area contributed by atoms with E-state index >= 15 is 0 Å². The molecule has 0 spiro atoms. The van der Waals surface area contributed by atoms with Gasteiger partial charge in [-0.3, -0.25) is 5.32 Å². The summed E-state index contributed by atoms with van der Waals surface area (Å²) in [5.74, 6) is 0.780. The minimum absolute atomic E-state index is 0.347. The van der Waals surface area contributed by atoms with Gasteiger partial charge in [0, 0.05) is 11.3 Å². The third-order valence-corrected chi connectivity index (χ3v) is 4.32. The maximum absolute atomic E-state index is 12.1. The Labute approximate surface area is 149 Å². The number of carbonyl (C=O) groups is 1. The summed E-state index contributed by atoms with van der Waals surface area (Å²) >= 11 is 1.31. The highest BCUT2D eigenvalue weighted by Crippen LogP contribution is 2.29. The second-order valence-electron chi connectivity index (χ2n) is 5.27. The quantitative estimate of drug-likeness (QED) is 0.704. The van der Waals surface area contributed by atoms with Gasteiger partial charge in [0.1, 0.15) is 10.8 Å². The van der Waals surface area contributed by atoms with Crippen LogP contribution in [-0.2, 0) is 0 Å². The van der Waals surface area contributed by atoms with Crippen LogP contribution < -0.4 is 15.4 Å². The Balaban J connectivity index is 1.68. The summed E-state index contributed by atoms with van der Waals surface area (Å²) in [6.07, 6.45) is 0. The molecule has 6 nitrogen and oxygen atoms in total. The Bertz CT molecular complexity index is 879. The molecule has 2 N–H and O–H groups in total. The summed E-state index contributed by atoms with van der Waals surface area (Å²) < 4.78 is 5.49. The van der Waals surface area contributed by atoms with Crippen LogP contribution in [0.25, 0.3) is 10.6 Å². The van der Waals surface area contributed by atoms with Crippen molar-refractivity contribution in [1.29, 1.82) is 0 Å². The van der Waals surface area contributed by atoms with E-state index in [4.69, 9.17) is 4.74 Å². The smallest absolute Gasteiger partial charge is 0.325 e. The molecule has 0 aliphatic rings. The molecule has 0 fully saturated rings. The van der Waals surface area contributed by atoms with Gasteiger partial charge in [0.2, 0.25) is 5.13 Å². The van der Waals surface area contributed by atoms with Crippen LogP contribution >= 0.6 is 11.3 Å². The minimum atomic E-state index is -0.347. The van der Waals surface area contributed by atoms with Crippen molar-refractivity contribution < 1.29 is 9.53 Å². The zero-order valence-corrected chi connectivity index (χ0v) is 14.8. The first-order valence-corrected chi connectivity index (χ1v) is 8.67. The zero-order chi connectivity index (χ0) is 17.6. The molecule has 7 heteroatoms. The van der Waals surface area contributed by atoms with Crippen LogP contribution in [0.3, 0.4) is 0 Å². The summed E-state index contributed by atoms with van der Waals surface area (Å²) in [7, 11) is 0. The number of anilines is 2. The first-order valence-electron chi connectivity index (χ1n) is 7.86. The number of nitrogens with one attached hydrogen (secondary N) is 2. The highest BCUT2D eigenvalue weighted by atomic mass is 32.1. The van der Waals surface area contributed by atoms with Crippen LogP contribution in [0.5, 0.6) is 5.75 Å². The van der Waals surface area contributed by atoms with Crippen LogP contribution in [0, 0.1) is 6.92 Å². The molecule has 3 aromatic rings. The predicted octanol–water partition coefficient (Wildman–Crippen LogP) is 4.56. The number of urea groups is 1. The molecule has 0 aliphatic heterocycles. The van der Waals surface area contributed by atoms with Gasteiger partial charge in [0.15, 0.2) is 0 Å². The molecule has 25 heavy (non-hydrogen) atoms. The van der Waals surface area contributed by atoms with Crippen LogP contribution in [0.2, 0.25) is 0 Å². The zero-order valence-electron chi connectivity index (χ0n) is 13.9. The highest BCUT2D eigenvalue weighted by Gasteiger charge is 2.11. The number of ether oxygens (including phenoxy) is 1. The van der Waals surface area contributed by atoms with E-state index in [1.54, 1.807) is 0 Å². The van der Waals surface area contributed by atoms with E-state index in [1.165, 1.54) is 11.3 Å². The molecule has 0 unspecified atom stereocenters. The first kappa shape index (κ1) is 16.9. The number of benzene rings is 2. The summed E-state index contributed by atoms with van der Waals surface area (Å²) in [4.78, 5) is 12.1. The first-order chi connectivity index (χ1) is 12.2. The molecule has 2 amide bonds. The average molecular weight is 354 g/mol. The van der Waals surface area contributed by atoms with Crippen molar-refractivity contribution in [3.63, 3.8) is 0 Å². The topological polar surface area (TPSA) is 76.1 Å². The number of nitrogens with zero attached hydrogens (tertiary/aromatic N) is 2. The number of hydrogen-bond donors (Lipinski definition) is 2. The van der Waals surface area contributed by atoms with Crippen LogP contribution in [-0.4, -0.2) is 22.8 Å². The fraction of sp³-hybridized carbons (Fsp3) is 0.167. The van der Waals surface area contributed by atoms with Gasteiger partial charge in [0.05, 0.1) is 6.61 Å². The lowest BCUT2D eigenvalue weighted by molar-refractivity contribution is 0.262. The molecule has 3 rings (SSSR count). The molecule has 0 bridgehead atoms. The predicted molar refractivity (Wildman–Crippen MR) is 100 cm³/mol. The van der Waals surface area contributed by atoms with Gasteiger partial charge in [-0.15, -0.1) is 10.2 Å². The number of rotatable bonds is 5. The third kappa shape index (κ3) is 4.33. The van der Waals surface area contributed by atoms with Gasteiger partial charge in [0.25, 0.3) is 0 Å². The van der Waals surface area contributed by atoms with E-state index in [1.807, 2.05) is 62.4 Å². The number of aryl methyl sites for hydroxylation is 1. The highest BCUT2D eigenvalue weighted by molar-refractivity contribution is 7.18. The Morgan fingerprint density at radius 1 is 1.12 bits per heavy atom. The van der Waals surface area contributed by atoms with Crippen LogP contribution in [0.1, 0.15) is 12.5 Å². The monoisotopic (exact) mass is 354 g/mol. The Morgan fingerprint density at radius 2 is 1.96 bits per heavy atom. The molecule has 0 aliphatic carbocycles. The lowest BCUT2D eigenvalue weighted by Gasteiger charge is -2.07. The maximum Gasteiger partial charge on any atom is 0.325 e. The van der Waals surface area contributed by atoms with Crippen molar-refractivity contribution in [2.24, 2.45) is 0 Å². The fourth-order valence-corrected chi connectivity index (χ4v) is 2.97. The van der Waals surface area contributed by atoms with Gasteiger partial charge >= 0.3 is 6.03 Å². The van der Waals surface area contributed by atoms with E-state index in [0.29, 0.717) is 16.7 Å². The number of aromatic nitrogens is 2. The number of amides is 2. The van der Waals surface area contributed by atoms with Gasteiger partial charge in [-0.1, -0.05) is 41.7 Å². The number of carbonyl (C=O) groups excluding carboxylic acids is 1. The molecule has 128 valence electrons. The van der Waals surface area contributed by atoms with Gasteiger partial charge in [-0.25, -0.2) is 4.79 Å². The number of hydrogen-bond acceptors (Lipinski definition) is 5. The average Bonchev–Trinajstić information content (AvgIpc) is 3.06. The summed E-state index contributed by atoms with van der Waals surface area (Å²) in [6.45, 7) is 4.47. The summed E-state index contributed by atoms with van der Waals surface area (Å²) in [5.41, 5.74) is 2.65. The van der Waals surface area contributed by atoms with Crippen molar-refractivity contribution in [2.45, 2.75) is 13.8 Å². The van der Waals surface area contributed by atoms with Crippen molar-refractivity contribution in [1.82, 2.24) is 10.2 Å². The molecule has 0 saturated heterocycles. The Hall–Kier alpha value is -2.93. The largest absolute Gasteiger partial charge is 0.494 e. The van der Waals surface area contributed by atoms with E-state index in [0.717, 1.165) is 22.6 Å². The molecule has 1 heterocycles. The molecular formula is C18H18N4O2S. The summed E-state index contributed by atoms with van der Waals surface area (Å²) in [5, 5.41) is 14.8. The van der Waals surface area contributed by atoms with Crippen molar-refractivity contribution in [2.75, 3.05) is 17.2 Å². The van der Waals surface area contributed by atoms with E-state index in [2.05, 4.69) is 20.8 Å². The Kier molecular flexibility index (Phi) is 5.25. The maximum atomic E-state index is 12.1. The van der Waals surface area contributed by atoms with Gasteiger partial charge in [-0.05, 0) is 37.6 Å². The van der Waals surface area contributed by atoms with Crippen molar-refractivity contribution in [3.05, 3.63) is 54.1 Å². The second kappa shape index (κ2) is 7.76.